The summed E-state index contributed by atoms with van der Waals surface area (Å²) in [7, 11) is 0. The summed E-state index contributed by atoms with van der Waals surface area (Å²) >= 11 is 0. The van der Waals surface area contributed by atoms with Crippen LogP contribution in [0.3, 0.4) is 0 Å². The minimum atomic E-state index is 0.463. The molecule has 1 aliphatic rings. The van der Waals surface area contributed by atoms with Crippen LogP contribution in [0.5, 0.6) is 0 Å². The maximum atomic E-state index is 5.39. The molecular weight excluding hydrogens is 168 g/mol. The van der Waals surface area contributed by atoms with Crippen LogP contribution in [0.15, 0.2) is 18.2 Å². The van der Waals surface area contributed by atoms with E-state index < -0.39 is 0 Å². The van der Waals surface area contributed by atoms with Gasteiger partial charge in [0.15, 0.2) is 0 Å². The van der Waals surface area contributed by atoms with Crippen LogP contribution in [0, 0.1) is 17.8 Å². The average molecular weight is 184 g/mol. The molecule has 1 aliphatic carbocycles. The molecular formula is C14H16. The summed E-state index contributed by atoms with van der Waals surface area (Å²) in [6, 6.07) is 6.43. The van der Waals surface area contributed by atoms with Gasteiger partial charge in [0.05, 0.1) is 0 Å². The molecule has 0 aliphatic heterocycles. The first-order valence-corrected chi connectivity index (χ1v) is 5.19. The van der Waals surface area contributed by atoms with Crippen LogP contribution < -0.4 is 0 Å². The molecule has 0 nitrogen and oxygen atoms in total. The summed E-state index contributed by atoms with van der Waals surface area (Å²) in [5, 5.41) is 0. The summed E-state index contributed by atoms with van der Waals surface area (Å²) in [6.45, 7) is 4.68. The number of rotatable bonds is 0. The predicted octanol–water partition coefficient (Wildman–Crippen LogP) is 3.18. The van der Waals surface area contributed by atoms with Crippen LogP contribution in [-0.2, 0) is 12.8 Å². The average Bonchev–Trinajstić information content (AvgIpc) is 2.16. The Balaban J connectivity index is 2.38. The predicted molar refractivity (Wildman–Crippen MR) is 60.2 cm³/mol. The third-order valence-electron chi connectivity index (χ3n) is 3.11. The quantitative estimate of drug-likeness (QED) is 0.543. The molecule has 1 aromatic carbocycles. The third-order valence-corrected chi connectivity index (χ3v) is 3.11. The van der Waals surface area contributed by atoms with Gasteiger partial charge in [-0.1, -0.05) is 25.8 Å². The summed E-state index contributed by atoms with van der Waals surface area (Å²) in [5.74, 6) is 2.70. The Morgan fingerprint density at radius 3 is 2.79 bits per heavy atom. The third kappa shape index (κ3) is 1.68. The van der Waals surface area contributed by atoms with Gasteiger partial charge in [0.25, 0.3) is 0 Å². The minimum Gasteiger partial charge on any atom is -0.115 e. The fourth-order valence-corrected chi connectivity index (χ4v) is 2.20. The van der Waals surface area contributed by atoms with Crippen LogP contribution >= 0.6 is 0 Å². The molecule has 0 radical (unpaired) electrons. The largest absolute Gasteiger partial charge is 0.115 e. The Kier molecular flexibility index (Phi) is 2.11. The van der Waals surface area contributed by atoms with Gasteiger partial charge in [-0.05, 0) is 47.9 Å². The second kappa shape index (κ2) is 3.17. The van der Waals surface area contributed by atoms with E-state index in [0.717, 1.165) is 5.56 Å². The van der Waals surface area contributed by atoms with Crippen LogP contribution in [0.2, 0.25) is 0 Å². The summed E-state index contributed by atoms with van der Waals surface area (Å²) < 4.78 is 0. The Morgan fingerprint density at radius 1 is 1.29 bits per heavy atom. The summed E-state index contributed by atoms with van der Waals surface area (Å²) in [4.78, 5) is 0. The van der Waals surface area contributed by atoms with Gasteiger partial charge < -0.3 is 0 Å². The standard InChI is InChI=1S/C14H16/c1-4-11-5-6-13-10-14(2,3)8-7-12(13)9-11/h1,5-6,9H,7-8,10H2,2-3H3. The molecule has 0 amide bonds. The Morgan fingerprint density at radius 2 is 2.07 bits per heavy atom. The minimum absolute atomic E-state index is 0.463. The molecule has 14 heavy (non-hydrogen) atoms. The van der Waals surface area contributed by atoms with E-state index in [1.54, 1.807) is 0 Å². The van der Waals surface area contributed by atoms with Gasteiger partial charge in [-0.2, -0.15) is 0 Å². The van der Waals surface area contributed by atoms with E-state index in [4.69, 9.17) is 6.42 Å². The van der Waals surface area contributed by atoms with Crippen molar-refractivity contribution in [3.05, 3.63) is 34.9 Å². The molecule has 0 bridgehead atoms. The fraction of sp³-hybridized carbons (Fsp3) is 0.429. The lowest BCUT2D eigenvalue weighted by Gasteiger charge is -2.31. The van der Waals surface area contributed by atoms with E-state index in [1.807, 2.05) is 0 Å². The second-order valence-corrected chi connectivity index (χ2v) is 4.97. The van der Waals surface area contributed by atoms with Crippen molar-refractivity contribution >= 4 is 0 Å². The summed E-state index contributed by atoms with van der Waals surface area (Å²) in [5.41, 5.74) is 4.42. The molecule has 0 saturated carbocycles. The van der Waals surface area contributed by atoms with Crippen molar-refractivity contribution in [2.75, 3.05) is 0 Å². The monoisotopic (exact) mass is 184 g/mol. The number of fused-ring (bicyclic) bond motifs is 1. The second-order valence-electron chi connectivity index (χ2n) is 4.97. The molecule has 72 valence electrons. The number of hydrogen-bond donors (Lipinski definition) is 0. The van der Waals surface area contributed by atoms with Crippen molar-refractivity contribution in [3.63, 3.8) is 0 Å². The van der Waals surface area contributed by atoms with E-state index in [1.165, 1.54) is 30.4 Å². The van der Waals surface area contributed by atoms with Crippen LogP contribution in [0.4, 0.5) is 0 Å². The first-order chi connectivity index (χ1) is 6.61. The maximum Gasteiger partial charge on any atom is 0.0245 e. The zero-order chi connectivity index (χ0) is 10.2. The van der Waals surface area contributed by atoms with Gasteiger partial charge in [-0.3, -0.25) is 0 Å². The summed E-state index contributed by atoms with van der Waals surface area (Å²) in [6.07, 6.45) is 9.02. The van der Waals surface area contributed by atoms with Gasteiger partial charge in [0, 0.05) is 5.56 Å². The zero-order valence-electron chi connectivity index (χ0n) is 8.93. The molecule has 0 heteroatoms. The number of terminal acetylenes is 1. The lowest BCUT2D eigenvalue weighted by atomic mass is 9.74. The van der Waals surface area contributed by atoms with Crippen LogP contribution in [0.1, 0.15) is 37.0 Å². The van der Waals surface area contributed by atoms with Crippen molar-refractivity contribution in [2.45, 2.75) is 33.1 Å². The Bertz CT molecular complexity index is 391. The highest BCUT2D eigenvalue weighted by atomic mass is 14.3. The lowest BCUT2D eigenvalue weighted by Crippen LogP contribution is -2.22. The molecule has 1 aromatic rings. The van der Waals surface area contributed by atoms with E-state index in [9.17, 15) is 0 Å². The molecule has 2 rings (SSSR count). The Labute approximate surface area is 86.3 Å². The fourth-order valence-electron chi connectivity index (χ4n) is 2.20. The van der Waals surface area contributed by atoms with Crippen molar-refractivity contribution in [1.29, 1.82) is 0 Å². The Hall–Kier alpha value is -1.22. The van der Waals surface area contributed by atoms with Gasteiger partial charge in [0.1, 0.15) is 0 Å². The van der Waals surface area contributed by atoms with Crippen molar-refractivity contribution in [3.8, 4) is 12.3 Å². The highest BCUT2D eigenvalue weighted by Crippen LogP contribution is 2.34. The van der Waals surface area contributed by atoms with Crippen LogP contribution in [-0.4, -0.2) is 0 Å². The molecule has 0 atom stereocenters. The highest BCUT2D eigenvalue weighted by molar-refractivity contribution is 5.41. The molecule has 0 heterocycles. The van der Waals surface area contributed by atoms with E-state index in [-0.39, 0.29) is 0 Å². The number of hydrogen-bond acceptors (Lipinski definition) is 0. The number of aryl methyl sites for hydroxylation is 1. The molecule has 0 fully saturated rings. The normalized spacial score (nSPS) is 18.4. The van der Waals surface area contributed by atoms with E-state index in [0.29, 0.717) is 5.41 Å². The maximum absolute atomic E-state index is 5.39. The number of benzene rings is 1. The van der Waals surface area contributed by atoms with E-state index in [2.05, 4.69) is 38.0 Å². The zero-order valence-corrected chi connectivity index (χ0v) is 8.93. The van der Waals surface area contributed by atoms with Gasteiger partial charge >= 0.3 is 0 Å². The lowest BCUT2D eigenvalue weighted by molar-refractivity contribution is 0.315. The van der Waals surface area contributed by atoms with Gasteiger partial charge in [-0.25, -0.2) is 0 Å². The van der Waals surface area contributed by atoms with E-state index >= 15 is 0 Å². The van der Waals surface area contributed by atoms with Gasteiger partial charge in [0.2, 0.25) is 0 Å². The molecule has 0 saturated heterocycles. The smallest absolute Gasteiger partial charge is 0.0245 e. The molecule has 0 spiro atoms. The highest BCUT2D eigenvalue weighted by Gasteiger charge is 2.24. The van der Waals surface area contributed by atoms with Crippen molar-refractivity contribution in [1.82, 2.24) is 0 Å². The van der Waals surface area contributed by atoms with Crippen LogP contribution in [0.25, 0.3) is 0 Å². The van der Waals surface area contributed by atoms with Gasteiger partial charge in [-0.15, -0.1) is 6.42 Å². The molecule has 0 unspecified atom stereocenters. The molecule has 0 aromatic heterocycles. The van der Waals surface area contributed by atoms with Crippen molar-refractivity contribution in [2.24, 2.45) is 5.41 Å². The van der Waals surface area contributed by atoms with Crippen molar-refractivity contribution < 1.29 is 0 Å². The first-order valence-electron chi connectivity index (χ1n) is 5.19. The topological polar surface area (TPSA) is 0 Å². The first kappa shape index (κ1) is 9.34. The molecule has 0 N–H and O–H groups in total. The SMILES string of the molecule is C#Cc1ccc2c(c1)CCC(C)(C)C2.